The van der Waals surface area contributed by atoms with Crippen LogP contribution in [0.5, 0.6) is 0 Å². The molecule has 0 aromatic heterocycles. The van der Waals surface area contributed by atoms with E-state index in [1.54, 1.807) is 0 Å². The Balaban J connectivity index is 4.45. The molecule has 60 heavy (non-hydrogen) atoms. The van der Waals surface area contributed by atoms with Gasteiger partial charge in [0, 0.05) is 19.3 Å². The van der Waals surface area contributed by atoms with Gasteiger partial charge in [0.2, 0.25) is 0 Å². The van der Waals surface area contributed by atoms with Crippen LogP contribution in [0.15, 0.2) is 72.9 Å². The molecule has 0 heterocycles. The summed E-state index contributed by atoms with van der Waals surface area (Å²) >= 11 is 0. The van der Waals surface area contributed by atoms with Crippen molar-refractivity contribution in [3.63, 3.8) is 0 Å². The van der Waals surface area contributed by atoms with Crippen LogP contribution < -0.4 is 0 Å². The van der Waals surface area contributed by atoms with Crippen LogP contribution in [0.4, 0.5) is 0 Å². The molecule has 0 aliphatic heterocycles. The number of hydrogen-bond donors (Lipinski definition) is 0. The number of rotatable bonds is 44. The highest BCUT2D eigenvalue weighted by atomic mass is 16.6. The molecule has 0 amide bonds. The third kappa shape index (κ3) is 45.9. The van der Waals surface area contributed by atoms with E-state index in [4.69, 9.17) is 14.2 Å². The average Bonchev–Trinajstić information content (AvgIpc) is 3.24. The number of allylic oxidation sites excluding steroid dienone is 12. The van der Waals surface area contributed by atoms with Crippen molar-refractivity contribution in [1.29, 1.82) is 0 Å². The van der Waals surface area contributed by atoms with Gasteiger partial charge in [-0.3, -0.25) is 14.4 Å². The normalized spacial score (nSPS) is 12.7. The summed E-state index contributed by atoms with van der Waals surface area (Å²) in [5, 5.41) is 0. The number of carbonyl (C=O) groups excluding carboxylic acids is 3. The van der Waals surface area contributed by atoms with E-state index in [1.165, 1.54) is 116 Å². The standard InChI is InChI=1S/C54H92O6/c1-4-7-10-13-16-19-22-25-27-30-32-35-38-41-44-47-53(56)59-50-51(49-58-52(55)46-43-40-37-34-31-28-24-21-18-15-12-9-6-3)60-54(57)48-45-42-39-36-33-29-26-23-20-17-14-11-8-5-2/h9,12,15-16,18-19,21-22,24-25,28,31,51H,4-8,10-11,13-14,17,20,23,26-27,29-30,32-50H2,1-3H3/b12-9+,18-15+,19-16+,24-21+,25-22+,31-28+. The summed E-state index contributed by atoms with van der Waals surface area (Å²) in [6.45, 7) is 6.42. The minimum absolute atomic E-state index is 0.0932. The van der Waals surface area contributed by atoms with Gasteiger partial charge < -0.3 is 14.2 Å². The van der Waals surface area contributed by atoms with E-state index in [-0.39, 0.29) is 31.1 Å². The summed E-state index contributed by atoms with van der Waals surface area (Å²) in [6, 6.07) is 0. The van der Waals surface area contributed by atoms with Crippen LogP contribution >= 0.6 is 0 Å². The van der Waals surface area contributed by atoms with Gasteiger partial charge in [-0.15, -0.1) is 0 Å². The molecule has 0 aromatic rings. The molecule has 0 fully saturated rings. The van der Waals surface area contributed by atoms with Gasteiger partial charge in [-0.1, -0.05) is 222 Å². The maximum Gasteiger partial charge on any atom is 0.306 e. The van der Waals surface area contributed by atoms with Crippen LogP contribution in [0.25, 0.3) is 0 Å². The zero-order valence-electron chi connectivity index (χ0n) is 39.2. The van der Waals surface area contributed by atoms with Crippen LogP contribution in [0.3, 0.4) is 0 Å². The Hall–Kier alpha value is -3.15. The Morgan fingerprint density at radius 1 is 0.350 bits per heavy atom. The summed E-state index contributed by atoms with van der Waals surface area (Å²) < 4.78 is 16.7. The Morgan fingerprint density at radius 3 is 1.08 bits per heavy atom. The van der Waals surface area contributed by atoms with E-state index in [0.717, 1.165) is 77.0 Å². The zero-order chi connectivity index (χ0) is 43.7. The lowest BCUT2D eigenvalue weighted by atomic mass is 10.0. The first-order valence-electron chi connectivity index (χ1n) is 25.0. The van der Waals surface area contributed by atoms with Gasteiger partial charge in [0.15, 0.2) is 6.10 Å². The zero-order valence-corrected chi connectivity index (χ0v) is 39.2. The lowest BCUT2D eigenvalue weighted by Crippen LogP contribution is -2.30. The molecular formula is C54H92O6. The Bertz CT molecular complexity index is 1140. The molecule has 6 nitrogen and oxygen atoms in total. The minimum atomic E-state index is -0.793. The summed E-state index contributed by atoms with van der Waals surface area (Å²) in [5.74, 6) is -0.942. The van der Waals surface area contributed by atoms with Crippen molar-refractivity contribution in [3.8, 4) is 0 Å². The van der Waals surface area contributed by atoms with Gasteiger partial charge in [0.25, 0.3) is 0 Å². The molecule has 1 unspecified atom stereocenters. The Morgan fingerprint density at radius 2 is 0.650 bits per heavy atom. The van der Waals surface area contributed by atoms with Crippen LogP contribution in [0.1, 0.15) is 233 Å². The molecule has 0 rings (SSSR count). The Labute approximate surface area is 370 Å². The summed E-state index contributed by atoms with van der Waals surface area (Å²) in [7, 11) is 0. The number of unbranched alkanes of at least 4 members (excludes halogenated alkanes) is 25. The second-order valence-corrected chi connectivity index (χ2v) is 16.5. The second kappa shape index (κ2) is 48.5. The van der Waals surface area contributed by atoms with E-state index in [0.29, 0.717) is 19.3 Å². The number of esters is 3. The van der Waals surface area contributed by atoms with Gasteiger partial charge in [0.05, 0.1) is 0 Å². The number of carbonyl (C=O) groups is 3. The van der Waals surface area contributed by atoms with E-state index >= 15 is 0 Å². The molecule has 344 valence electrons. The maximum absolute atomic E-state index is 12.8. The molecule has 0 saturated carbocycles. The van der Waals surface area contributed by atoms with Gasteiger partial charge in [-0.25, -0.2) is 0 Å². The molecule has 0 bridgehead atoms. The summed E-state index contributed by atoms with van der Waals surface area (Å²) in [6.07, 6.45) is 60.2. The first-order valence-corrected chi connectivity index (χ1v) is 25.0. The third-order valence-electron chi connectivity index (χ3n) is 10.6. The van der Waals surface area contributed by atoms with Crippen molar-refractivity contribution in [2.75, 3.05) is 13.2 Å². The van der Waals surface area contributed by atoms with E-state index < -0.39 is 6.10 Å². The van der Waals surface area contributed by atoms with Gasteiger partial charge in [-0.05, 0) is 64.2 Å². The Kier molecular flexibility index (Phi) is 46.0. The van der Waals surface area contributed by atoms with Crippen molar-refractivity contribution in [3.05, 3.63) is 72.9 Å². The summed E-state index contributed by atoms with van der Waals surface area (Å²) in [5.41, 5.74) is 0. The fourth-order valence-corrected chi connectivity index (χ4v) is 6.80. The SMILES string of the molecule is CC/C=C/C=C/C=C/C=C/CCCCCC(=O)OCC(COC(=O)CCCCCCCC/C=C/C=C/CCCCC)OC(=O)CCCCCCCCCCCCCCCC. The van der Waals surface area contributed by atoms with Gasteiger partial charge >= 0.3 is 17.9 Å². The predicted molar refractivity (Wildman–Crippen MR) is 256 cm³/mol. The van der Waals surface area contributed by atoms with Crippen molar-refractivity contribution in [2.45, 2.75) is 239 Å². The fraction of sp³-hybridized carbons (Fsp3) is 0.722. The first kappa shape index (κ1) is 56.9. The van der Waals surface area contributed by atoms with E-state index in [2.05, 4.69) is 57.2 Å². The number of hydrogen-bond acceptors (Lipinski definition) is 6. The monoisotopic (exact) mass is 837 g/mol. The molecular weight excluding hydrogens is 745 g/mol. The summed E-state index contributed by atoms with van der Waals surface area (Å²) in [4.78, 5) is 37.9. The first-order chi connectivity index (χ1) is 29.5. The smallest absolute Gasteiger partial charge is 0.306 e. The number of ether oxygens (including phenoxy) is 3. The molecule has 0 aromatic carbocycles. The highest BCUT2D eigenvalue weighted by molar-refractivity contribution is 5.71. The van der Waals surface area contributed by atoms with Crippen LogP contribution in [0, 0.1) is 0 Å². The van der Waals surface area contributed by atoms with E-state index in [9.17, 15) is 14.4 Å². The quantitative estimate of drug-likeness (QED) is 0.0263. The molecule has 1 atom stereocenters. The molecule has 0 radical (unpaired) electrons. The van der Waals surface area contributed by atoms with E-state index in [1.807, 2.05) is 36.5 Å². The van der Waals surface area contributed by atoms with Crippen molar-refractivity contribution < 1.29 is 28.6 Å². The van der Waals surface area contributed by atoms with Crippen molar-refractivity contribution in [2.24, 2.45) is 0 Å². The van der Waals surface area contributed by atoms with Crippen LogP contribution in [-0.2, 0) is 28.6 Å². The van der Waals surface area contributed by atoms with Crippen LogP contribution in [-0.4, -0.2) is 37.2 Å². The molecule has 0 aliphatic rings. The van der Waals surface area contributed by atoms with Gasteiger partial charge in [0.1, 0.15) is 13.2 Å². The topological polar surface area (TPSA) is 78.9 Å². The maximum atomic E-state index is 12.8. The third-order valence-corrected chi connectivity index (χ3v) is 10.6. The molecule has 0 aliphatic carbocycles. The lowest BCUT2D eigenvalue weighted by molar-refractivity contribution is -0.167. The molecule has 0 spiro atoms. The predicted octanol–water partition coefficient (Wildman–Crippen LogP) is 16.3. The second-order valence-electron chi connectivity index (χ2n) is 16.5. The van der Waals surface area contributed by atoms with Crippen LogP contribution in [0.2, 0.25) is 0 Å². The fourth-order valence-electron chi connectivity index (χ4n) is 6.80. The minimum Gasteiger partial charge on any atom is -0.462 e. The lowest BCUT2D eigenvalue weighted by Gasteiger charge is -2.18. The molecule has 6 heteroatoms. The largest absolute Gasteiger partial charge is 0.462 e. The average molecular weight is 837 g/mol. The van der Waals surface area contributed by atoms with Crippen molar-refractivity contribution in [1.82, 2.24) is 0 Å². The highest BCUT2D eigenvalue weighted by Crippen LogP contribution is 2.15. The van der Waals surface area contributed by atoms with Gasteiger partial charge in [-0.2, -0.15) is 0 Å². The molecule has 0 N–H and O–H groups in total. The van der Waals surface area contributed by atoms with Crippen molar-refractivity contribution >= 4 is 17.9 Å². The molecule has 0 saturated heterocycles. The highest BCUT2D eigenvalue weighted by Gasteiger charge is 2.19.